The lowest BCUT2D eigenvalue weighted by molar-refractivity contribution is 0.0830. The van der Waals surface area contributed by atoms with E-state index in [4.69, 9.17) is 9.15 Å². The molecule has 1 aliphatic rings. The molecule has 2 aromatic carbocycles. The lowest BCUT2D eigenvalue weighted by Gasteiger charge is -2.45. The van der Waals surface area contributed by atoms with Gasteiger partial charge in [-0.3, -0.25) is 4.90 Å². The van der Waals surface area contributed by atoms with Crippen LogP contribution in [0.25, 0.3) is 11.0 Å². The van der Waals surface area contributed by atoms with Crippen LogP contribution in [-0.2, 0) is 6.54 Å². The molecule has 0 bridgehead atoms. The number of ether oxygens (including phenoxy) is 1. The van der Waals surface area contributed by atoms with Gasteiger partial charge in [0.2, 0.25) is 0 Å². The minimum absolute atomic E-state index is 0.290. The summed E-state index contributed by atoms with van der Waals surface area (Å²) in [5.41, 5.74) is 5.51. The Morgan fingerprint density at radius 1 is 1.10 bits per heavy atom. The molecular weight excluding hydrogens is 382 g/mol. The van der Waals surface area contributed by atoms with Crippen LogP contribution in [0.1, 0.15) is 69.6 Å². The molecule has 0 spiro atoms. The second kappa shape index (κ2) is 8.70. The molecule has 31 heavy (non-hydrogen) atoms. The fraction of sp³-hybridized carbons (Fsp3) is 0.500. The molecule has 1 saturated heterocycles. The van der Waals surface area contributed by atoms with Crippen molar-refractivity contribution in [2.24, 2.45) is 11.3 Å². The monoisotopic (exact) mass is 419 g/mol. The average Bonchev–Trinajstić information content (AvgIpc) is 3.23. The van der Waals surface area contributed by atoms with Gasteiger partial charge in [-0.2, -0.15) is 0 Å². The van der Waals surface area contributed by atoms with Gasteiger partial charge in [-0.25, -0.2) is 0 Å². The van der Waals surface area contributed by atoms with Gasteiger partial charge in [0.15, 0.2) is 11.3 Å². The van der Waals surface area contributed by atoms with Crippen LogP contribution in [0.5, 0.6) is 5.75 Å². The Balaban J connectivity index is 1.65. The van der Waals surface area contributed by atoms with E-state index >= 15 is 0 Å². The van der Waals surface area contributed by atoms with Crippen LogP contribution < -0.4 is 4.74 Å². The molecule has 0 radical (unpaired) electrons. The molecule has 0 N–H and O–H groups in total. The molecule has 1 aromatic heterocycles. The Labute approximate surface area is 187 Å². The molecule has 3 heteroatoms. The zero-order valence-electron chi connectivity index (χ0n) is 19.9. The SMILES string of the molecule is COc1ccc(CN2CCC(C(C)(C)C)C(c3ccccc3C(C)C)C2)c2ccoc12. The second-order valence-corrected chi connectivity index (χ2v) is 10.5. The topological polar surface area (TPSA) is 25.6 Å². The summed E-state index contributed by atoms with van der Waals surface area (Å²) in [5.74, 6) is 2.57. The maximum absolute atomic E-state index is 5.72. The van der Waals surface area contributed by atoms with Crippen molar-refractivity contribution in [1.29, 1.82) is 0 Å². The van der Waals surface area contributed by atoms with Gasteiger partial charge in [-0.1, -0.05) is 65.0 Å². The molecule has 2 unspecified atom stereocenters. The molecule has 1 fully saturated rings. The standard InChI is InChI=1S/C28H37NO2/c1-19(2)21-9-7-8-10-23(21)24-18-29(15-13-25(24)28(3,4)5)17-20-11-12-26(30-6)27-22(20)14-16-31-27/h7-12,14,16,19,24-25H,13,15,17-18H2,1-6H3. The molecule has 166 valence electrons. The quantitative estimate of drug-likeness (QED) is 0.437. The van der Waals surface area contributed by atoms with Crippen molar-refractivity contribution in [3.05, 3.63) is 65.4 Å². The molecule has 2 heterocycles. The number of benzene rings is 2. The lowest BCUT2D eigenvalue weighted by atomic mass is 9.66. The summed E-state index contributed by atoms with van der Waals surface area (Å²) >= 11 is 0. The smallest absolute Gasteiger partial charge is 0.175 e. The van der Waals surface area contributed by atoms with E-state index in [2.05, 4.69) is 75.9 Å². The maximum Gasteiger partial charge on any atom is 0.175 e. The Kier molecular flexibility index (Phi) is 6.16. The van der Waals surface area contributed by atoms with E-state index in [1.807, 2.05) is 6.07 Å². The highest BCUT2D eigenvalue weighted by molar-refractivity contribution is 5.86. The van der Waals surface area contributed by atoms with Crippen molar-refractivity contribution in [2.75, 3.05) is 20.2 Å². The average molecular weight is 420 g/mol. The molecule has 0 aliphatic carbocycles. The number of piperidine rings is 1. The van der Waals surface area contributed by atoms with Crippen LogP contribution in [0, 0.1) is 11.3 Å². The number of hydrogen-bond acceptors (Lipinski definition) is 3. The van der Waals surface area contributed by atoms with Crippen molar-refractivity contribution in [1.82, 2.24) is 4.90 Å². The van der Waals surface area contributed by atoms with E-state index in [1.165, 1.54) is 17.5 Å². The summed E-state index contributed by atoms with van der Waals surface area (Å²) < 4.78 is 11.2. The summed E-state index contributed by atoms with van der Waals surface area (Å²) in [4.78, 5) is 2.64. The highest BCUT2D eigenvalue weighted by Crippen LogP contribution is 2.45. The summed E-state index contributed by atoms with van der Waals surface area (Å²) in [5, 5.41) is 1.16. The van der Waals surface area contributed by atoms with E-state index in [1.54, 1.807) is 18.9 Å². The van der Waals surface area contributed by atoms with Crippen LogP contribution in [0.15, 0.2) is 53.1 Å². The van der Waals surface area contributed by atoms with Gasteiger partial charge in [0.25, 0.3) is 0 Å². The molecule has 0 saturated carbocycles. The van der Waals surface area contributed by atoms with Crippen LogP contribution >= 0.6 is 0 Å². The first-order valence-corrected chi connectivity index (χ1v) is 11.6. The third kappa shape index (κ3) is 4.39. The third-order valence-corrected chi connectivity index (χ3v) is 7.11. The predicted molar refractivity (Wildman–Crippen MR) is 129 cm³/mol. The van der Waals surface area contributed by atoms with Gasteiger partial charge in [0, 0.05) is 24.4 Å². The van der Waals surface area contributed by atoms with Crippen molar-refractivity contribution >= 4 is 11.0 Å². The first-order valence-electron chi connectivity index (χ1n) is 11.6. The highest BCUT2D eigenvalue weighted by Gasteiger charge is 2.38. The van der Waals surface area contributed by atoms with E-state index in [-0.39, 0.29) is 0 Å². The minimum atomic E-state index is 0.290. The largest absolute Gasteiger partial charge is 0.493 e. The number of methoxy groups -OCH3 is 1. The number of hydrogen-bond donors (Lipinski definition) is 0. The van der Waals surface area contributed by atoms with Gasteiger partial charge in [0.1, 0.15) is 0 Å². The van der Waals surface area contributed by atoms with Crippen LogP contribution in [0.2, 0.25) is 0 Å². The molecule has 3 nitrogen and oxygen atoms in total. The van der Waals surface area contributed by atoms with Gasteiger partial charge in [-0.05, 0) is 59.0 Å². The van der Waals surface area contributed by atoms with Gasteiger partial charge < -0.3 is 9.15 Å². The molecule has 3 aromatic rings. The number of likely N-dealkylation sites (tertiary alicyclic amines) is 1. The molecular formula is C28H37NO2. The molecule has 4 rings (SSSR count). The summed E-state index contributed by atoms with van der Waals surface area (Å²) in [7, 11) is 1.70. The fourth-order valence-electron chi connectivity index (χ4n) is 5.52. The minimum Gasteiger partial charge on any atom is -0.493 e. The first kappa shape index (κ1) is 22.0. The zero-order valence-corrected chi connectivity index (χ0v) is 19.9. The Hall–Kier alpha value is -2.26. The summed E-state index contributed by atoms with van der Waals surface area (Å²) in [6, 6.07) is 15.4. The second-order valence-electron chi connectivity index (χ2n) is 10.5. The predicted octanol–water partition coefficient (Wildman–Crippen LogP) is 7.22. The summed E-state index contributed by atoms with van der Waals surface area (Å²) in [6.45, 7) is 15.0. The Morgan fingerprint density at radius 2 is 1.87 bits per heavy atom. The van der Waals surface area contributed by atoms with Gasteiger partial charge in [0.05, 0.1) is 13.4 Å². The van der Waals surface area contributed by atoms with Crippen LogP contribution in [-0.4, -0.2) is 25.1 Å². The van der Waals surface area contributed by atoms with E-state index in [0.717, 1.165) is 36.4 Å². The zero-order chi connectivity index (χ0) is 22.2. The Bertz CT molecular complexity index is 1030. The van der Waals surface area contributed by atoms with Crippen LogP contribution in [0.4, 0.5) is 0 Å². The number of nitrogens with zero attached hydrogens (tertiary/aromatic N) is 1. The van der Waals surface area contributed by atoms with Crippen molar-refractivity contribution < 1.29 is 9.15 Å². The van der Waals surface area contributed by atoms with Crippen molar-refractivity contribution in [2.45, 2.75) is 59.4 Å². The van der Waals surface area contributed by atoms with Crippen LogP contribution in [0.3, 0.4) is 0 Å². The van der Waals surface area contributed by atoms with E-state index in [9.17, 15) is 0 Å². The molecule has 2 atom stereocenters. The van der Waals surface area contributed by atoms with E-state index < -0.39 is 0 Å². The number of furan rings is 1. The molecule has 1 aliphatic heterocycles. The fourth-order valence-corrected chi connectivity index (χ4v) is 5.52. The normalized spacial score (nSPS) is 20.5. The maximum atomic E-state index is 5.72. The number of rotatable bonds is 5. The number of fused-ring (bicyclic) bond motifs is 1. The summed E-state index contributed by atoms with van der Waals surface area (Å²) in [6.07, 6.45) is 3.00. The third-order valence-electron chi connectivity index (χ3n) is 7.11. The highest BCUT2D eigenvalue weighted by atomic mass is 16.5. The lowest BCUT2D eigenvalue weighted by Crippen LogP contribution is -2.43. The van der Waals surface area contributed by atoms with Gasteiger partial charge >= 0.3 is 0 Å². The first-order chi connectivity index (χ1) is 14.8. The Morgan fingerprint density at radius 3 is 2.58 bits per heavy atom. The van der Waals surface area contributed by atoms with Crippen molar-refractivity contribution in [3.8, 4) is 5.75 Å². The van der Waals surface area contributed by atoms with E-state index in [0.29, 0.717) is 23.2 Å². The van der Waals surface area contributed by atoms with Gasteiger partial charge in [-0.15, -0.1) is 0 Å². The van der Waals surface area contributed by atoms with Crippen molar-refractivity contribution in [3.63, 3.8) is 0 Å². The molecule has 0 amide bonds.